The molecular formula is C17H30N4O5S. The van der Waals surface area contributed by atoms with Crippen LogP contribution in [0.3, 0.4) is 0 Å². The first-order valence-corrected chi connectivity index (χ1v) is 9.72. The van der Waals surface area contributed by atoms with Gasteiger partial charge >= 0.3 is 5.97 Å². The smallest absolute Gasteiger partial charge is 0.326 e. The summed E-state index contributed by atoms with van der Waals surface area (Å²) in [5, 5.41) is 14.3. The first kappa shape index (κ1) is 23.2. The second-order valence-corrected chi connectivity index (χ2v) is 7.60. The normalized spacial score (nSPS) is 20.1. The van der Waals surface area contributed by atoms with Crippen molar-refractivity contribution < 1.29 is 24.3 Å². The fourth-order valence-corrected chi connectivity index (χ4v) is 3.22. The van der Waals surface area contributed by atoms with Crippen molar-refractivity contribution >= 4 is 36.3 Å². The molecule has 1 saturated heterocycles. The Bertz CT molecular complexity index is 572. The van der Waals surface area contributed by atoms with Gasteiger partial charge < -0.3 is 26.4 Å². The Morgan fingerprint density at radius 1 is 1.19 bits per heavy atom. The van der Waals surface area contributed by atoms with E-state index in [1.54, 1.807) is 0 Å². The molecular weight excluding hydrogens is 372 g/mol. The molecule has 0 aromatic carbocycles. The number of aliphatic carboxylic acids is 1. The Labute approximate surface area is 164 Å². The maximum absolute atomic E-state index is 12.6. The first-order valence-electron chi connectivity index (χ1n) is 9.08. The van der Waals surface area contributed by atoms with Crippen molar-refractivity contribution in [2.45, 2.75) is 64.2 Å². The Morgan fingerprint density at radius 3 is 2.33 bits per heavy atom. The van der Waals surface area contributed by atoms with Crippen molar-refractivity contribution in [3.05, 3.63) is 0 Å². The Kier molecular flexibility index (Phi) is 9.04. The summed E-state index contributed by atoms with van der Waals surface area (Å²) in [6.45, 7) is 5.70. The van der Waals surface area contributed by atoms with Gasteiger partial charge in [0.05, 0.1) is 6.04 Å². The number of carboxylic acid groups (broad SMARTS) is 1. The topological polar surface area (TPSA) is 142 Å². The molecule has 10 heteroatoms. The third-order valence-electron chi connectivity index (χ3n) is 4.43. The monoisotopic (exact) mass is 402 g/mol. The van der Waals surface area contributed by atoms with Crippen LogP contribution in [0.25, 0.3) is 0 Å². The Morgan fingerprint density at radius 2 is 1.81 bits per heavy atom. The van der Waals surface area contributed by atoms with Gasteiger partial charge in [0, 0.05) is 12.3 Å². The highest BCUT2D eigenvalue weighted by Crippen LogP contribution is 2.18. The lowest BCUT2D eigenvalue weighted by Crippen LogP contribution is -2.57. The van der Waals surface area contributed by atoms with Crippen LogP contribution in [0, 0.1) is 5.92 Å². The van der Waals surface area contributed by atoms with Crippen molar-refractivity contribution in [2.75, 3.05) is 12.3 Å². The average molecular weight is 403 g/mol. The molecule has 1 fully saturated rings. The third kappa shape index (κ3) is 6.69. The molecule has 1 aliphatic rings. The van der Waals surface area contributed by atoms with E-state index in [2.05, 4.69) is 23.3 Å². The molecule has 154 valence electrons. The molecule has 0 saturated carbocycles. The molecule has 1 heterocycles. The fraction of sp³-hybridized carbons (Fsp3) is 0.765. The Balaban J connectivity index is 2.65. The molecule has 1 aliphatic heterocycles. The van der Waals surface area contributed by atoms with Gasteiger partial charge in [-0.1, -0.05) is 13.8 Å². The van der Waals surface area contributed by atoms with Crippen molar-refractivity contribution in [1.29, 1.82) is 0 Å². The molecule has 5 N–H and O–H groups in total. The number of rotatable bonds is 9. The summed E-state index contributed by atoms with van der Waals surface area (Å²) in [5.74, 6) is -2.29. The number of likely N-dealkylation sites (tertiary alicyclic amines) is 1. The first-order chi connectivity index (χ1) is 12.6. The lowest BCUT2D eigenvalue weighted by Gasteiger charge is -2.27. The van der Waals surface area contributed by atoms with Crippen molar-refractivity contribution in [2.24, 2.45) is 11.7 Å². The third-order valence-corrected chi connectivity index (χ3v) is 4.80. The van der Waals surface area contributed by atoms with Crippen molar-refractivity contribution in [3.63, 3.8) is 0 Å². The molecule has 1 rings (SSSR count). The summed E-state index contributed by atoms with van der Waals surface area (Å²) in [5.41, 5.74) is 5.80. The summed E-state index contributed by atoms with van der Waals surface area (Å²) in [7, 11) is 0. The SMILES string of the molecule is CC(C)CC(N)C(=O)NC(C)C(=O)NC(CS)C(=O)N1CCCC1C(=O)O. The van der Waals surface area contributed by atoms with E-state index in [0.717, 1.165) is 0 Å². The van der Waals surface area contributed by atoms with E-state index in [1.165, 1.54) is 11.8 Å². The molecule has 0 aromatic heterocycles. The number of hydrogen-bond acceptors (Lipinski definition) is 6. The summed E-state index contributed by atoms with van der Waals surface area (Å²) < 4.78 is 0. The Hall–Kier alpha value is -1.81. The number of thiol groups is 1. The van der Waals surface area contributed by atoms with E-state index in [-0.39, 0.29) is 11.7 Å². The molecule has 4 atom stereocenters. The predicted molar refractivity (Wildman–Crippen MR) is 103 cm³/mol. The van der Waals surface area contributed by atoms with Gasteiger partial charge in [-0.25, -0.2) is 4.79 Å². The van der Waals surface area contributed by atoms with Crippen LogP contribution in [0.4, 0.5) is 0 Å². The van der Waals surface area contributed by atoms with E-state index in [0.29, 0.717) is 25.8 Å². The van der Waals surface area contributed by atoms with Gasteiger partial charge in [-0.15, -0.1) is 0 Å². The minimum atomic E-state index is -1.06. The van der Waals surface area contributed by atoms with Gasteiger partial charge in [0.15, 0.2) is 0 Å². The number of nitrogens with one attached hydrogen (secondary N) is 2. The highest BCUT2D eigenvalue weighted by molar-refractivity contribution is 7.80. The molecule has 0 radical (unpaired) electrons. The van der Waals surface area contributed by atoms with Crippen molar-refractivity contribution in [1.82, 2.24) is 15.5 Å². The molecule has 0 bridgehead atoms. The lowest BCUT2D eigenvalue weighted by atomic mass is 10.0. The minimum Gasteiger partial charge on any atom is -0.480 e. The zero-order valence-electron chi connectivity index (χ0n) is 16.0. The van der Waals surface area contributed by atoms with Crippen LogP contribution in [-0.4, -0.2) is 70.2 Å². The van der Waals surface area contributed by atoms with Crippen molar-refractivity contribution in [3.8, 4) is 0 Å². The summed E-state index contributed by atoms with van der Waals surface area (Å²) in [4.78, 5) is 49.5. The van der Waals surface area contributed by atoms with E-state index in [9.17, 15) is 24.3 Å². The van der Waals surface area contributed by atoms with Crippen LogP contribution in [0.5, 0.6) is 0 Å². The maximum Gasteiger partial charge on any atom is 0.326 e. The van der Waals surface area contributed by atoms with E-state index in [4.69, 9.17) is 5.73 Å². The summed E-state index contributed by atoms with van der Waals surface area (Å²) >= 11 is 4.10. The van der Waals surface area contributed by atoms with Crippen LogP contribution >= 0.6 is 12.6 Å². The number of hydrogen-bond donors (Lipinski definition) is 5. The van der Waals surface area contributed by atoms with Gasteiger partial charge in [0.2, 0.25) is 17.7 Å². The lowest BCUT2D eigenvalue weighted by molar-refractivity contribution is -0.149. The molecule has 0 aromatic rings. The van der Waals surface area contributed by atoms with Crippen LogP contribution in [-0.2, 0) is 19.2 Å². The zero-order chi connectivity index (χ0) is 20.7. The molecule has 27 heavy (non-hydrogen) atoms. The maximum atomic E-state index is 12.6. The second-order valence-electron chi connectivity index (χ2n) is 7.24. The number of carboxylic acids is 1. The number of nitrogens with two attached hydrogens (primary N) is 1. The van der Waals surface area contributed by atoms with Gasteiger partial charge in [-0.2, -0.15) is 12.6 Å². The number of nitrogens with zero attached hydrogens (tertiary/aromatic N) is 1. The highest BCUT2D eigenvalue weighted by Gasteiger charge is 2.37. The number of carbonyl (C=O) groups excluding carboxylic acids is 3. The van der Waals surface area contributed by atoms with Gasteiger partial charge in [-0.05, 0) is 32.1 Å². The number of carbonyl (C=O) groups is 4. The van der Waals surface area contributed by atoms with Crippen LogP contribution in [0.2, 0.25) is 0 Å². The predicted octanol–water partition coefficient (Wildman–Crippen LogP) is -0.645. The highest BCUT2D eigenvalue weighted by atomic mass is 32.1. The minimum absolute atomic E-state index is 0.0148. The summed E-state index contributed by atoms with van der Waals surface area (Å²) in [6, 6.07) is -3.46. The number of amides is 3. The van der Waals surface area contributed by atoms with Gasteiger partial charge in [0.1, 0.15) is 18.1 Å². The fourth-order valence-electron chi connectivity index (χ4n) is 2.97. The van der Waals surface area contributed by atoms with E-state index in [1.807, 2.05) is 13.8 Å². The molecule has 3 amide bonds. The summed E-state index contributed by atoms with van der Waals surface area (Å²) in [6.07, 6.45) is 1.47. The van der Waals surface area contributed by atoms with Crippen LogP contribution in [0.1, 0.15) is 40.0 Å². The second kappa shape index (κ2) is 10.5. The molecule has 9 nitrogen and oxygen atoms in total. The standard InChI is InChI=1S/C17H30N4O5S/c1-9(2)7-11(18)15(23)19-10(3)14(22)20-12(8-27)16(24)21-6-4-5-13(21)17(25)26/h9-13,27H,4-8,18H2,1-3H3,(H,19,23)(H,20,22)(H,25,26). The van der Waals surface area contributed by atoms with Gasteiger partial charge in [-0.3, -0.25) is 14.4 Å². The van der Waals surface area contributed by atoms with E-state index >= 15 is 0 Å². The van der Waals surface area contributed by atoms with Gasteiger partial charge in [0.25, 0.3) is 0 Å². The molecule has 4 unspecified atom stereocenters. The molecule has 0 spiro atoms. The largest absolute Gasteiger partial charge is 0.480 e. The van der Waals surface area contributed by atoms with Crippen LogP contribution < -0.4 is 16.4 Å². The average Bonchev–Trinajstić information content (AvgIpc) is 3.07. The van der Waals surface area contributed by atoms with Crippen LogP contribution in [0.15, 0.2) is 0 Å². The molecule has 0 aliphatic carbocycles. The zero-order valence-corrected chi connectivity index (χ0v) is 16.9. The quantitative estimate of drug-likeness (QED) is 0.325. The van der Waals surface area contributed by atoms with E-state index < -0.39 is 47.9 Å².